The molecule has 4 aromatic rings. The zero-order valence-electron chi connectivity index (χ0n) is 22.0. The van der Waals surface area contributed by atoms with E-state index in [1.807, 2.05) is 103 Å². The third kappa shape index (κ3) is 4.09. The Labute approximate surface area is 227 Å². The van der Waals surface area contributed by atoms with Gasteiger partial charge in [0.2, 0.25) is 5.88 Å². The van der Waals surface area contributed by atoms with E-state index in [4.69, 9.17) is 4.98 Å². The molecule has 0 saturated carbocycles. The van der Waals surface area contributed by atoms with Crippen LogP contribution in [0.4, 0.5) is 11.8 Å². The van der Waals surface area contributed by atoms with Crippen molar-refractivity contribution in [2.45, 2.75) is 19.5 Å². The van der Waals surface area contributed by atoms with Crippen molar-refractivity contribution >= 4 is 29.5 Å². The topological polar surface area (TPSA) is 78.7 Å². The van der Waals surface area contributed by atoms with Crippen molar-refractivity contribution in [1.29, 1.82) is 0 Å². The third-order valence-corrected chi connectivity index (χ3v) is 7.50. The molecule has 8 heteroatoms. The van der Waals surface area contributed by atoms with Crippen molar-refractivity contribution < 1.29 is 14.7 Å². The summed E-state index contributed by atoms with van der Waals surface area (Å²) in [5.41, 5.74) is 3.31. The second-order valence-electron chi connectivity index (χ2n) is 10.3. The minimum atomic E-state index is -0.251. The van der Waals surface area contributed by atoms with E-state index in [-0.39, 0.29) is 39.9 Å². The van der Waals surface area contributed by atoms with E-state index in [2.05, 4.69) is 0 Å². The molecule has 2 aliphatic rings. The zero-order valence-corrected chi connectivity index (χ0v) is 22.0. The molecule has 0 saturated heterocycles. The molecular formula is C31H30N5O3+. The number of carbonyl (C=O) groups excluding carboxylic acids is 2. The van der Waals surface area contributed by atoms with Crippen molar-refractivity contribution in [2.24, 2.45) is 0 Å². The van der Waals surface area contributed by atoms with Gasteiger partial charge < -0.3 is 14.9 Å². The molecule has 3 aromatic carbocycles. The van der Waals surface area contributed by atoms with Gasteiger partial charge in [-0.25, -0.2) is 9.36 Å². The van der Waals surface area contributed by atoms with Crippen LogP contribution < -0.4 is 9.38 Å². The number of quaternary nitrogens is 1. The molecule has 0 bridgehead atoms. The Bertz CT molecular complexity index is 1540. The Morgan fingerprint density at radius 3 is 1.82 bits per heavy atom. The Kier molecular flexibility index (Phi) is 6.04. The van der Waals surface area contributed by atoms with E-state index in [0.717, 1.165) is 16.7 Å². The maximum absolute atomic E-state index is 14.8. The zero-order chi connectivity index (χ0) is 27.1. The normalized spacial score (nSPS) is 16.4. The maximum Gasteiger partial charge on any atom is 0.355 e. The van der Waals surface area contributed by atoms with E-state index >= 15 is 0 Å². The van der Waals surface area contributed by atoms with Crippen molar-refractivity contribution in [3.05, 3.63) is 119 Å². The second-order valence-corrected chi connectivity index (χ2v) is 10.3. The van der Waals surface area contributed by atoms with Crippen molar-refractivity contribution in [3.8, 4) is 0 Å². The van der Waals surface area contributed by atoms with Crippen molar-refractivity contribution in [2.75, 3.05) is 25.7 Å². The van der Waals surface area contributed by atoms with Crippen LogP contribution in [0.25, 0.3) is 5.88 Å². The van der Waals surface area contributed by atoms with E-state index in [0.29, 0.717) is 31.5 Å². The number of aliphatic hydroxyl groups is 1. The minimum Gasteiger partial charge on any atom is -0.494 e. The van der Waals surface area contributed by atoms with Crippen molar-refractivity contribution in [3.63, 3.8) is 0 Å². The van der Waals surface area contributed by atoms with Crippen molar-refractivity contribution in [1.82, 2.24) is 18.9 Å². The van der Waals surface area contributed by atoms with Crippen LogP contribution in [-0.4, -0.2) is 52.1 Å². The quantitative estimate of drug-likeness (QED) is 0.377. The lowest BCUT2D eigenvalue weighted by atomic mass is 9.99. The molecule has 3 heterocycles. The van der Waals surface area contributed by atoms with E-state index < -0.39 is 0 Å². The summed E-state index contributed by atoms with van der Waals surface area (Å²) in [6.07, 6.45) is 0.224. The summed E-state index contributed by atoms with van der Waals surface area (Å²) < 4.78 is 1.33. The Morgan fingerprint density at radius 2 is 1.28 bits per heavy atom. The van der Waals surface area contributed by atoms with E-state index in [1.165, 1.54) is 4.57 Å². The predicted molar refractivity (Wildman–Crippen MR) is 151 cm³/mol. The molecule has 2 aliphatic heterocycles. The molecule has 0 spiro atoms. The smallest absolute Gasteiger partial charge is 0.355 e. The lowest BCUT2D eigenvalue weighted by Gasteiger charge is -2.38. The van der Waals surface area contributed by atoms with Gasteiger partial charge in [-0.2, -0.15) is 9.47 Å². The summed E-state index contributed by atoms with van der Waals surface area (Å²) in [6, 6.07) is 29.3. The number of hydrogen-bond donors (Lipinski definition) is 1. The van der Waals surface area contributed by atoms with Gasteiger partial charge in [-0.1, -0.05) is 91.0 Å². The first-order valence-electron chi connectivity index (χ1n) is 12.9. The number of carbonyl (C=O) groups is 2. The highest BCUT2D eigenvalue weighted by Crippen LogP contribution is 2.43. The Hall–Kier alpha value is -4.69. The van der Waals surface area contributed by atoms with Crippen LogP contribution in [0.5, 0.6) is 0 Å². The van der Waals surface area contributed by atoms with Gasteiger partial charge in [0.05, 0.1) is 6.67 Å². The molecule has 2 amide bonds. The molecule has 196 valence electrons. The molecule has 0 radical (unpaired) electrons. The highest BCUT2D eigenvalue weighted by atomic mass is 16.3. The fraction of sp³-hybridized carbons (Fsp3) is 0.194. The average molecular weight is 521 g/mol. The summed E-state index contributed by atoms with van der Waals surface area (Å²) in [6.45, 7) is 0.975. The summed E-state index contributed by atoms with van der Waals surface area (Å²) in [7, 11) is 3.58. The Morgan fingerprint density at radius 1 is 0.769 bits per heavy atom. The lowest BCUT2D eigenvalue weighted by molar-refractivity contribution is -0.128. The van der Waals surface area contributed by atoms with E-state index in [1.54, 1.807) is 11.9 Å². The fourth-order valence-electron chi connectivity index (χ4n) is 5.64. The van der Waals surface area contributed by atoms with Crippen LogP contribution in [0.15, 0.2) is 96.6 Å². The van der Waals surface area contributed by atoms with Crippen LogP contribution in [0, 0.1) is 0 Å². The molecule has 0 fully saturated rings. The first-order chi connectivity index (χ1) is 18.9. The molecule has 1 aromatic heterocycles. The number of fused-ring (bicyclic) bond motifs is 3. The highest BCUT2D eigenvalue weighted by Gasteiger charge is 2.53. The molecule has 0 atom stereocenters. The van der Waals surface area contributed by atoms with Crippen LogP contribution in [0.2, 0.25) is 0 Å². The van der Waals surface area contributed by atoms with Crippen LogP contribution in [-0.2, 0) is 24.3 Å². The Balaban J connectivity index is 1.64. The van der Waals surface area contributed by atoms with Gasteiger partial charge in [0, 0.05) is 31.6 Å². The molecule has 8 nitrogen and oxygen atoms in total. The van der Waals surface area contributed by atoms with Gasteiger partial charge in [-0.05, 0) is 5.56 Å². The van der Waals surface area contributed by atoms with Crippen LogP contribution >= 0.6 is 0 Å². The number of anilines is 1. The number of aromatic nitrogens is 2. The van der Waals surface area contributed by atoms with E-state index in [9.17, 15) is 14.7 Å². The maximum atomic E-state index is 14.8. The minimum absolute atomic E-state index is 0.196. The van der Waals surface area contributed by atoms with Gasteiger partial charge in [-0.3, -0.25) is 4.79 Å². The van der Waals surface area contributed by atoms with Crippen LogP contribution in [0.1, 0.15) is 27.2 Å². The number of benzene rings is 3. The second kappa shape index (κ2) is 9.56. The first kappa shape index (κ1) is 24.6. The molecule has 6 rings (SSSR count). The van der Waals surface area contributed by atoms with Crippen LogP contribution in [0.3, 0.4) is 0 Å². The third-order valence-electron chi connectivity index (χ3n) is 7.50. The predicted octanol–water partition coefficient (Wildman–Crippen LogP) is 4.58. The van der Waals surface area contributed by atoms with Gasteiger partial charge in [-0.15, -0.1) is 0 Å². The summed E-state index contributed by atoms with van der Waals surface area (Å²) in [5, 5.41) is 11.7. The summed E-state index contributed by atoms with van der Waals surface area (Å²) in [5.74, 6) is 0.0702. The first-order valence-corrected chi connectivity index (χ1v) is 12.9. The summed E-state index contributed by atoms with van der Waals surface area (Å²) in [4.78, 5) is 36.7. The molecule has 1 N–H and O–H groups in total. The monoisotopic (exact) mass is 520 g/mol. The molecule has 39 heavy (non-hydrogen) atoms. The summed E-state index contributed by atoms with van der Waals surface area (Å²) >= 11 is 0. The lowest BCUT2D eigenvalue weighted by Crippen LogP contribution is -2.57. The number of aliphatic hydroxyl groups excluding tert-OH is 1. The number of imidazole rings is 1. The van der Waals surface area contributed by atoms with Gasteiger partial charge in [0.15, 0.2) is 11.5 Å². The standard InChI is InChI=1S/C31H29N5O3/c1-33-21-34(2)29(38)26-27(33)32-31-35(26)28(37)25(18-22-12-6-3-7-13-22)30(39)36(31,19-23-14-8-4-9-15-23)20-24-16-10-5-11-17-24/h3-17H,18-21H2,1-2H3/p+1. The molecule has 0 aliphatic carbocycles. The molecular weight excluding hydrogens is 490 g/mol. The fourth-order valence-corrected chi connectivity index (χ4v) is 5.64. The number of amides is 2. The number of rotatable bonds is 6. The SMILES string of the molecule is CN1CN(C)c2nc3n(c2C1=O)C(O)=C(Cc1ccccc1)C(=O)[N+]3(Cc1ccccc1)Cc1ccccc1. The van der Waals surface area contributed by atoms with Gasteiger partial charge in [0.25, 0.3) is 5.91 Å². The molecule has 0 unspecified atom stereocenters. The van der Waals surface area contributed by atoms with Gasteiger partial charge >= 0.3 is 11.9 Å². The van der Waals surface area contributed by atoms with Gasteiger partial charge in [0.1, 0.15) is 18.7 Å². The largest absolute Gasteiger partial charge is 0.494 e. The number of nitrogens with zero attached hydrogens (tertiary/aromatic N) is 5. The highest BCUT2D eigenvalue weighted by molar-refractivity contribution is 6.09. The average Bonchev–Trinajstić information content (AvgIpc) is 3.37. The number of hydrogen-bond acceptors (Lipinski definition) is 5.